The minimum absolute atomic E-state index is 0.0129. The number of pyridine rings is 1. The highest BCUT2D eigenvalue weighted by Crippen LogP contribution is 2.57. The number of carbonyl (C=O) groups is 2. The molecule has 2 aliphatic rings. The van der Waals surface area contributed by atoms with Gasteiger partial charge in [-0.25, -0.2) is 9.97 Å². The van der Waals surface area contributed by atoms with Gasteiger partial charge < -0.3 is 15.8 Å². The number of nitrogens with one attached hydrogen (secondary N) is 1. The Hall–Kier alpha value is -4.11. The highest BCUT2D eigenvalue weighted by Gasteiger charge is 2.57. The van der Waals surface area contributed by atoms with Crippen molar-refractivity contribution in [1.29, 1.82) is 0 Å². The molecule has 3 aromatic heterocycles. The SMILES string of the molecule is COCC(=O)NC12CCC(c3nc(-c4ccc(C(=O)Cc5cc(C)ccn5)cc4)c4c(N)nccn34)(CC1)C2. The predicted octanol–water partition coefficient (Wildman–Crippen LogP) is 3.82. The molecule has 0 atom stereocenters. The quantitative estimate of drug-likeness (QED) is 0.336. The molecule has 3 heterocycles. The molecule has 1 aromatic carbocycles. The van der Waals surface area contributed by atoms with E-state index in [1.807, 2.05) is 49.5 Å². The molecule has 6 rings (SSSR count). The highest BCUT2D eigenvalue weighted by molar-refractivity contribution is 5.98. The number of amides is 1. The number of methoxy groups -OCH3 is 1. The molecule has 39 heavy (non-hydrogen) atoms. The smallest absolute Gasteiger partial charge is 0.246 e. The van der Waals surface area contributed by atoms with Crippen LogP contribution in [0, 0.1) is 6.92 Å². The second kappa shape index (κ2) is 9.57. The van der Waals surface area contributed by atoms with Crippen molar-refractivity contribution in [3.05, 3.63) is 77.6 Å². The van der Waals surface area contributed by atoms with Crippen molar-refractivity contribution < 1.29 is 14.3 Å². The lowest BCUT2D eigenvalue weighted by atomic mass is 9.83. The summed E-state index contributed by atoms with van der Waals surface area (Å²) in [6, 6.07) is 11.4. The van der Waals surface area contributed by atoms with Crippen LogP contribution in [0.1, 0.15) is 59.5 Å². The molecule has 3 N–H and O–H groups in total. The van der Waals surface area contributed by atoms with Gasteiger partial charge in [0.25, 0.3) is 0 Å². The van der Waals surface area contributed by atoms with Crippen molar-refractivity contribution in [3.63, 3.8) is 0 Å². The Kier molecular flexibility index (Phi) is 6.18. The summed E-state index contributed by atoms with van der Waals surface area (Å²) in [5, 5.41) is 3.24. The summed E-state index contributed by atoms with van der Waals surface area (Å²) in [5.41, 5.74) is 10.9. The molecule has 0 unspecified atom stereocenters. The van der Waals surface area contributed by atoms with Gasteiger partial charge in [0.1, 0.15) is 29.5 Å². The number of hydrogen-bond donors (Lipinski definition) is 2. The molecule has 2 saturated carbocycles. The summed E-state index contributed by atoms with van der Waals surface area (Å²) < 4.78 is 7.10. The molecule has 2 aliphatic carbocycles. The molecule has 200 valence electrons. The zero-order valence-electron chi connectivity index (χ0n) is 22.2. The van der Waals surface area contributed by atoms with Crippen LogP contribution in [-0.2, 0) is 21.4 Å². The van der Waals surface area contributed by atoms with E-state index in [1.54, 1.807) is 12.4 Å². The van der Waals surface area contributed by atoms with Crippen LogP contribution in [0.15, 0.2) is 55.0 Å². The summed E-state index contributed by atoms with van der Waals surface area (Å²) >= 11 is 0. The van der Waals surface area contributed by atoms with Crippen LogP contribution in [0.2, 0.25) is 0 Å². The van der Waals surface area contributed by atoms with Crippen molar-refractivity contribution in [1.82, 2.24) is 24.7 Å². The zero-order chi connectivity index (χ0) is 27.2. The van der Waals surface area contributed by atoms with Gasteiger partial charge in [-0.2, -0.15) is 0 Å². The summed E-state index contributed by atoms with van der Waals surface area (Å²) in [5.74, 6) is 1.29. The number of aryl methyl sites for hydroxylation is 1. The number of imidazole rings is 1. The number of rotatable bonds is 8. The number of carbonyl (C=O) groups excluding carboxylic acids is 2. The van der Waals surface area contributed by atoms with Crippen LogP contribution in [0.3, 0.4) is 0 Å². The molecule has 9 nitrogen and oxygen atoms in total. The zero-order valence-corrected chi connectivity index (χ0v) is 22.2. The van der Waals surface area contributed by atoms with E-state index >= 15 is 0 Å². The highest BCUT2D eigenvalue weighted by atomic mass is 16.5. The predicted molar refractivity (Wildman–Crippen MR) is 147 cm³/mol. The van der Waals surface area contributed by atoms with E-state index in [1.165, 1.54) is 7.11 Å². The molecule has 0 spiro atoms. The van der Waals surface area contributed by atoms with E-state index < -0.39 is 0 Å². The average Bonchev–Trinajstić information content (AvgIpc) is 3.60. The number of ketones is 1. The molecule has 9 heteroatoms. The molecule has 4 aromatic rings. The second-order valence-corrected chi connectivity index (χ2v) is 11.0. The fourth-order valence-electron chi connectivity index (χ4n) is 6.56. The van der Waals surface area contributed by atoms with Gasteiger partial charge in [0.15, 0.2) is 5.78 Å². The van der Waals surface area contributed by atoms with E-state index in [0.717, 1.165) is 66.0 Å². The standard InChI is InChI=1S/C30H32N6O3/c1-19-7-12-32-22(15-19)16-23(37)20-3-5-21(6-4-20)25-26-27(31)33-13-14-36(26)28(34-25)29-8-10-30(18-29,11-9-29)35-24(38)17-39-2/h3-7,12-15H,8-11,16-18H2,1-2H3,(H2,31,33)(H,35,38). The summed E-state index contributed by atoms with van der Waals surface area (Å²) in [4.78, 5) is 39.1. The Bertz CT molecular complexity index is 1570. The largest absolute Gasteiger partial charge is 0.382 e. The number of nitrogen functional groups attached to an aromatic ring is 1. The van der Waals surface area contributed by atoms with Crippen molar-refractivity contribution in [2.75, 3.05) is 19.5 Å². The van der Waals surface area contributed by atoms with Gasteiger partial charge in [0, 0.05) is 53.5 Å². The first-order valence-electron chi connectivity index (χ1n) is 13.3. The minimum atomic E-state index is -0.228. The number of benzene rings is 1. The van der Waals surface area contributed by atoms with Gasteiger partial charge in [0.2, 0.25) is 5.91 Å². The third kappa shape index (κ3) is 4.46. The van der Waals surface area contributed by atoms with Crippen LogP contribution in [0.25, 0.3) is 16.8 Å². The van der Waals surface area contributed by atoms with Crippen LogP contribution < -0.4 is 11.1 Å². The Morgan fingerprint density at radius 3 is 2.56 bits per heavy atom. The molecule has 0 aliphatic heterocycles. The fourth-order valence-corrected chi connectivity index (χ4v) is 6.56. The number of aromatic nitrogens is 4. The van der Waals surface area contributed by atoms with Crippen LogP contribution in [0.5, 0.6) is 0 Å². The topological polar surface area (TPSA) is 124 Å². The first-order valence-corrected chi connectivity index (χ1v) is 13.3. The van der Waals surface area contributed by atoms with Gasteiger partial charge >= 0.3 is 0 Å². The third-order valence-corrected chi connectivity index (χ3v) is 8.37. The maximum atomic E-state index is 12.9. The van der Waals surface area contributed by atoms with E-state index in [2.05, 4.69) is 19.7 Å². The monoisotopic (exact) mass is 524 g/mol. The van der Waals surface area contributed by atoms with Crippen LogP contribution >= 0.6 is 0 Å². The number of ether oxygens (including phenoxy) is 1. The second-order valence-electron chi connectivity index (χ2n) is 11.0. The third-order valence-electron chi connectivity index (χ3n) is 8.37. The van der Waals surface area contributed by atoms with E-state index in [4.69, 9.17) is 15.5 Å². The van der Waals surface area contributed by atoms with Gasteiger partial charge in [-0.1, -0.05) is 24.3 Å². The molecule has 1 amide bonds. The Balaban J connectivity index is 1.31. The normalized spacial score (nSPS) is 21.9. The van der Waals surface area contributed by atoms with Crippen molar-refractivity contribution in [2.45, 2.75) is 56.4 Å². The van der Waals surface area contributed by atoms with E-state index in [0.29, 0.717) is 11.4 Å². The van der Waals surface area contributed by atoms with Gasteiger partial charge in [0.05, 0.1) is 6.42 Å². The number of nitrogens with two attached hydrogens (primary N) is 1. The Labute approximate surface area is 226 Å². The number of fused-ring (bicyclic) bond motifs is 3. The molecule has 0 saturated heterocycles. The minimum Gasteiger partial charge on any atom is -0.382 e. The van der Waals surface area contributed by atoms with Crippen molar-refractivity contribution in [3.8, 4) is 11.3 Å². The van der Waals surface area contributed by atoms with Crippen molar-refractivity contribution in [2.24, 2.45) is 0 Å². The van der Waals surface area contributed by atoms with E-state index in [-0.39, 0.29) is 35.7 Å². The first-order chi connectivity index (χ1) is 18.8. The lowest BCUT2D eigenvalue weighted by molar-refractivity contribution is -0.126. The maximum absolute atomic E-state index is 12.9. The van der Waals surface area contributed by atoms with Crippen LogP contribution in [0.4, 0.5) is 5.82 Å². The number of hydrogen-bond acceptors (Lipinski definition) is 7. The molecule has 2 fully saturated rings. The van der Waals surface area contributed by atoms with Gasteiger partial charge in [-0.05, 0) is 56.7 Å². The Morgan fingerprint density at radius 2 is 1.85 bits per heavy atom. The van der Waals surface area contributed by atoms with Crippen LogP contribution in [-0.4, -0.2) is 50.3 Å². The van der Waals surface area contributed by atoms with E-state index in [9.17, 15) is 9.59 Å². The molecular weight excluding hydrogens is 492 g/mol. The first kappa shape index (κ1) is 25.2. The lowest BCUT2D eigenvalue weighted by Crippen LogP contribution is -2.46. The van der Waals surface area contributed by atoms with Gasteiger partial charge in [-0.3, -0.25) is 19.0 Å². The number of nitrogens with zero attached hydrogens (tertiary/aromatic N) is 4. The molecule has 0 radical (unpaired) electrons. The maximum Gasteiger partial charge on any atom is 0.246 e. The summed E-state index contributed by atoms with van der Waals surface area (Å²) in [7, 11) is 1.53. The number of Topliss-reactive ketones (excluding diaryl/α,β-unsaturated/α-hetero) is 1. The Morgan fingerprint density at radius 1 is 1.08 bits per heavy atom. The lowest BCUT2D eigenvalue weighted by Gasteiger charge is -2.28. The number of anilines is 1. The summed E-state index contributed by atoms with van der Waals surface area (Å²) in [6.45, 7) is 2.05. The summed E-state index contributed by atoms with van der Waals surface area (Å²) in [6.07, 6.45) is 10.1. The molecule has 2 bridgehead atoms. The van der Waals surface area contributed by atoms with Gasteiger partial charge in [-0.15, -0.1) is 0 Å². The van der Waals surface area contributed by atoms with Crippen molar-refractivity contribution >= 4 is 23.0 Å². The fraction of sp³-hybridized carbons (Fsp3) is 0.367. The molecular formula is C30H32N6O3. The average molecular weight is 525 g/mol.